The highest BCUT2D eigenvalue weighted by Crippen LogP contribution is 2.14. The Balaban J connectivity index is 2.51. The van der Waals surface area contributed by atoms with E-state index in [9.17, 15) is 0 Å². The van der Waals surface area contributed by atoms with Gasteiger partial charge in [-0.2, -0.15) is 0 Å². The van der Waals surface area contributed by atoms with E-state index >= 15 is 0 Å². The maximum atomic E-state index is 5.63. The standard InChI is InChI=1S/C11H16N2O/c1-8(2)6-7-14-11-5-4-10(12)9(3)13-11/h4-5H,1,6-7,12H2,2-3H3. The lowest BCUT2D eigenvalue weighted by Gasteiger charge is -2.06. The number of nitrogens with zero attached hydrogens (tertiary/aromatic N) is 1. The van der Waals surface area contributed by atoms with Gasteiger partial charge in [-0.05, 0) is 19.9 Å². The molecule has 0 fully saturated rings. The minimum atomic E-state index is 0.617. The molecule has 0 bridgehead atoms. The maximum absolute atomic E-state index is 5.63. The van der Waals surface area contributed by atoms with Crippen molar-refractivity contribution in [1.82, 2.24) is 4.98 Å². The van der Waals surface area contributed by atoms with E-state index in [0.717, 1.165) is 17.7 Å². The summed E-state index contributed by atoms with van der Waals surface area (Å²) in [6.45, 7) is 8.25. The lowest BCUT2D eigenvalue weighted by Crippen LogP contribution is -2.01. The van der Waals surface area contributed by atoms with Gasteiger partial charge >= 0.3 is 0 Å². The average molecular weight is 192 g/mol. The van der Waals surface area contributed by atoms with Crippen LogP contribution in [0.15, 0.2) is 24.3 Å². The van der Waals surface area contributed by atoms with Gasteiger partial charge < -0.3 is 10.5 Å². The normalized spacial score (nSPS) is 9.86. The summed E-state index contributed by atoms with van der Waals surface area (Å²) < 4.78 is 5.43. The quantitative estimate of drug-likeness (QED) is 0.745. The van der Waals surface area contributed by atoms with E-state index in [1.54, 1.807) is 12.1 Å². The van der Waals surface area contributed by atoms with Gasteiger partial charge in [0.2, 0.25) is 5.88 Å². The third-order valence-corrected chi connectivity index (χ3v) is 1.88. The van der Waals surface area contributed by atoms with Crippen LogP contribution < -0.4 is 10.5 Å². The number of rotatable bonds is 4. The van der Waals surface area contributed by atoms with E-state index in [1.807, 2.05) is 13.8 Å². The van der Waals surface area contributed by atoms with Gasteiger partial charge in [0.25, 0.3) is 0 Å². The summed E-state index contributed by atoms with van der Waals surface area (Å²) in [6.07, 6.45) is 0.852. The second-order valence-electron chi connectivity index (χ2n) is 3.38. The summed E-state index contributed by atoms with van der Waals surface area (Å²) in [5, 5.41) is 0. The summed E-state index contributed by atoms with van der Waals surface area (Å²) in [6, 6.07) is 3.58. The molecule has 3 heteroatoms. The number of pyridine rings is 1. The van der Waals surface area contributed by atoms with Crippen LogP contribution in [0.1, 0.15) is 19.0 Å². The molecule has 1 rings (SSSR count). The molecule has 0 amide bonds. The highest BCUT2D eigenvalue weighted by molar-refractivity contribution is 5.43. The number of ether oxygens (including phenoxy) is 1. The zero-order valence-corrected chi connectivity index (χ0v) is 8.71. The third kappa shape index (κ3) is 3.09. The first-order chi connectivity index (χ1) is 6.59. The van der Waals surface area contributed by atoms with E-state index in [1.165, 1.54) is 0 Å². The Morgan fingerprint density at radius 2 is 2.29 bits per heavy atom. The van der Waals surface area contributed by atoms with Crippen molar-refractivity contribution in [3.63, 3.8) is 0 Å². The van der Waals surface area contributed by atoms with Crippen LogP contribution in [0.25, 0.3) is 0 Å². The van der Waals surface area contributed by atoms with Crippen LogP contribution in [0.5, 0.6) is 5.88 Å². The first-order valence-corrected chi connectivity index (χ1v) is 4.60. The van der Waals surface area contributed by atoms with Crippen LogP contribution in [0.4, 0.5) is 5.69 Å². The molecule has 76 valence electrons. The van der Waals surface area contributed by atoms with Crippen molar-refractivity contribution < 1.29 is 4.74 Å². The Morgan fingerprint density at radius 1 is 1.57 bits per heavy atom. The Labute approximate surface area is 84.6 Å². The second kappa shape index (κ2) is 4.65. The Morgan fingerprint density at radius 3 is 2.86 bits per heavy atom. The van der Waals surface area contributed by atoms with Crippen molar-refractivity contribution in [1.29, 1.82) is 0 Å². The van der Waals surface area contributed by atoms with Gasteiger partial charge in [-0.25, -0.2) is 4.98 Å². The van der Waals surface area contributed by atoms with Gasteiger partial charge in [-0.3, -0.25) is 0 Å². The van der Waals surface area contributed by atoms with Gasteiger partial charge in [0.05, 0.1) is 18.0 Å². The lowest BCUT2D eigenvalue weighted by molar-refractivity contribution is 0.309. The predicted molar refractivity (Wildman–Crippen MR) is 58.3 cm³/mol. The largest absolute Gasteiger partial charge is 0.477 e. The van der Waals surface area contributed by atoms with Crippen LogP contribution in [0, 0.1) is 6.92 Å². The Kier molecular flexibility index (Phi) is 3.51. The van der Waals surface area contributed by atoms with Gasteiger partial charge in [-0.15, -0.1) is 6.58 Å². The van der Waals surface area contributed by atoms with Crippen molar-refractivity contribution >= 4 is 5.69 Å². The minimum Gasteiger partial charge on any atom is -0.477 e. The first kappa shape index (κ1) is 10.6. The zero-order chi connectivity index (χ0) is 10.6. The molecule has 0 radical (unpaired) electrons. The molecule has 3 nitrogen and oxygen atoms in total. The molecular formula is C11H16N2O. The fourth-order valence-corrected chi connectivity index (χ4v) is 0.959. The lowest BCUT2D eigenvalue weighted by atomic mass is 10.3. The van der Waals surface area contributed by atoms with E-state index in [0.29, 0.717) is 18.2 Å². The van der Waals surface area contributed by atoms with Gasteiger partial charge in [-0.1, -0.05) is 5.57 Å². The second-order valence-corrected chi connectivity index (χ2v) is 3.38. The molecule has 0 unspecified atom stereocenters. The molecule has 0 aromatic carbocycles. The first-order valence-electron chi connectivity index (χ1n) is 4.60. The SMILES string of the molecule is C=C(C)CCOc1ccc(N)c(C)n1. The number of hydrogen-bond donors (Lipinski definition) is 1. The molecule has 0 saturated heterocycles. The molecule has 0 spiro atoms. The molecule has 14 heavy (non-hydrogen) atoms. The van der Waals surface area contributed by atoms with Crippen LogP contribution >= 0.6 is 0 Å². The fourth-order valence-electron chi connectivity index (χ4n) is 0.959. The van der Waals surface area contributed by atoms with Gasteiger partial charge in [0, 0.05) is 12.5 Å². The third-order valence-electron chi connectivity index (χ3n) is 1.88. The number of hydrogen-bond acceptors (Lipinski definition) is 3. The molecule has 0 aliphatic heterocycles. The van der Waals surface area contributed by atoms with Crippen molar-refractivity contribution in [2.24, 2.45) is 0 Å². The molecular weight excluding hydrogens is 176 g/mol. The van der Waals surface area contributed by atoms with E-state index in [4.69, 9.17) is 10.5 Å². The fraction of sp³-hybridized carbons (Fsp3) is 0.364. The van der Waals surface area contributed by atoms with Crippen LogP contribution in [0.2, 0.25) is 0 Å². The van der Waals surface area contributed by atoms with Crippen molar-refractivity contribution in [3.05, 3.63) is 30.0 Å². The summed E-state index contributed by atoms with van der Waals surface area (Å²) >= 11 is 0. The summed E-state index contributed by atoms with van der Waals surface area (Å²) in [5.74, 6) is 0.623. The number of aryl methyl sites for hydroxylation is 1. The van der Waals surface area contributed by atoms with Crippen LogP contribution in [0.3, 0.4) is 0 Å². The summed E-state index contributed by atoms with van der Waals surface area (Å²) in [7, 11) is 0. The van der Waals surface area contributed by atoms with Gasteiger partial charge in [0.1, 0.15) is 0 Å². The van der Waals surface area contributed by atoms with E-state index in [2.05, 4.69) is 11.6 Å². The smallest absolute Gasteiger partial charge is 0.213 e. The molecule has 0 saturated carbocycles. The topological polar surface area (TPSA) is 48.1 Å². The van der Waals surface area contributed by atoms with Crippen LogP contribution in [-0.4, -0.2) is 11.6 Å². The molecule has 1 aromatic rings. The molecule has 0 aliphatic rings. The zero-order valence-electron chi connectivity index (χ0n) is 8.71. The number of nitrogens with two attached hydrogens (primary N) is 1. The van der Waals surface area contributed by atoms with E-state index < -0.39 is 0 Å². The number of nitrogen functional groups attached to an aromatic ring is 1. The maximum Gasteiger partial charge on any atom is 0.213 e. The number of anilines is 1. The van der Waals surface area contributed by atoms with Crippen molar-refractivity contribution in [2.75, 3.05) is 12.3 Å². The highest BCUT2D eigenvalue weighted by Gasteiger charge is 1.98. The molecule has 2 N–H and O–H groups in total. The van der Waals surface area contributed by atoms with Crippen molar-refractivity contribution in [2.45, 2.75) is 20.3 Å². The molecule has 1 heterocycles. The monoisotopic (exact) mass is 192 g/mol. The molecule has 0 aliphatic carbocycles. The number of aromatic nitrogens is 1. The molecule has 0 atom stereocenters. The van der Waals surface area contributed by atoms with E-state index in [-0.39, 0.29) is 0 Å². The highest BCUT2D eigenvalue weighted by atomic mass is 16.5. The van der Waals surface area contributed by atoms with Crippen molar-refractivity contribution in [3.8, 4) is 5.88 Å². The Hall–Kier alpha value is -1.51. The summed E-state index contributed by atoms with van der Waals surface area (Å²) in [5.41, 5.74) is 8.24. The summed E-state index contributed by atoms with van der Waals surface area (Å²) in [4.78, 5) is 4.19. The minimum absolute atomic E-state index is 0.617. The molecule has 1 aromatic heterocycles. The average Bonchev–Trinajstić information content (AvgIpc) is 2.10. The van der Waals surface area contributed by atoms with Crippen LogP contribution in [-0.2, 0) is 0 Å². The predicted octanol–water partition coefficient (Wildman–Crippen LogP) is 2.32. The Bertz CT molecular complexity index is 334. The van der Waals surface area contributed by atoms with Gasteiger partial charge in [0.15, 0.2) is 0 Å².